The summed E-state index contributed by atoms with van der Waals surface area (Å²) in [5.74, 6) is 1.03. The van der Waals surface area contributed by atoms with E-state index in [9.17, 15) is 9.18 Å². The summed E-state index contributed by atoms with van der Waals surface area (Å²) in [6.45, 7) is 2.25. The Balaban J connectivity index is 1.75. The molecule has 1 heterocycles. The molecule has 1 aliphatic rings. The van der Waals surface area contributed by atoms with Gasteiger partial charge < -0.3 is 20.1 Å². The summed E-state index contributed by atoms with van der Waals surface area (Å²) in [5.41, 5.74) is 7.06. The van der Waals surface area contributed by atoms with Crippen LogP contribution in [0.15, 0.2) is 42.5 Å². The summed E-state index contributed by atoms with van der Waals surface area (Å²) in [4.78, 5) is 14.9. The van der Waals surface area contributed by atoms with Crippen LogP contribution in [-0.4, -0.2) is 44.2 Å². The van der Waals surface area contributed by atoms with Gasteiger partial charge in [0.1, 0.15) is 17.3 Å². The average Bonchev–Trinajstić information content (AvgIpc) is 3.18. The van der Waals surface area contributed by atoms with Crippen molar-refractivity contribution in [3.8, 4) is 11.5 Å². The molecule has 2 aromatic carbocycles. The van der Waals surface area contributed by atoms with E-state index in [0.717, 1.165) is 18.4 Å². The molecule has 6 heteroatoms. The molecule has 2 aromatic rings. The maximum Gasteiger partial charge on any atom is 0.257 e. The molecule has 1 saturated heterocycles. The number of nitrogens with zero attached hydrogens (tertiary/aromatic N) is 1. The smallest absolute Gasteiger partial charge is 0.257 e. The van der Waals surface area contributed by atoms with Crippen molar-refractivity contribution in [3.05, 3.63) is 59.4 Å². The van der Waals surface area contributed by atoms with Gasteiger partial charge in [0.15, 0.2) is 0 Å². The summed E-state index contributed by atoms with van der Waals surface area (Å²) in [6.07, 6.45) is 1.57. The van der Waals surface area contributed by atoms with Crippen LogP contribution >= 0.6 is 0 Å². The molecule has 0 bridgehead atoms. The number of nitrogens with two attached hydrogens (primary N) is 1. The molecule has 144 valence electrons. The van der Waals surface area contributed by atoms with Gasteiger partial charge in [-0.3, -0.25) is 4.79 Å². The first kappa shape index (κ1) is 19.2. The molecule has 0 unspecified atom stereocenters. The van der Waals surface area contributed by atoms with Gasteiger partial charge in [0.2, 0.25) is 0 Å². The zero-order chi connectivity index (χ0) is 19.2. The number of carbonyl (C=O) groups excluding carboxylic acids is 1. The second kappa shape index (κ2) is 8.86. The van der Waals surface area contributed by atoms with Crippen molar-refractivity contribution < 1.29 is 18.7 Å². The van der Waals surface area contributed by atoms with Crippen molar-refractivity contribution in [2.45, 2.75) is 18.8 Å². The van der Waals surface area contributed by atoms with Crippen LogP contribution in [-0.2, 0) is 0 Å². The zero-order valence-corrected chi connectivity index (χ0v) is 15.5. The number of carbonyl (C=O) groups is 1. The summed E-state index contributed by atoms with van der Waals surface area (Å²) in [7, 11) is 1.57. The van der Waals surface area contributed by atoms with Crippen LogP contribution in [0, 0.1) is 5.82 Å². The third-order valence-corrected chi connectivity index (χ3v) is 4.84. The number of rotatable bonds is 7. The summed E-state index contributed by atoms with van der Waals surface area (Å²) < 4.78 is 24.2. The predicted molar refractivity (Wildman–Crippen MR) is 102 cm³/mol. The van der Waals surface area contributed by atoms with E-state index in [1.54, 1.807) is 37.4 Å². The van der Waals surface area contributed by atoms with E-state index in [1.165, 1.54) is 12.1 Å². The van der Waals surface area contributed by atoms with Crippen LogP contribution in [0.25, 0.3) is 0 Å². The minimum Gasteiger partial charge on any atom is -0.497 e. The number of amides is 1. The van der Waals surface area contributed by atoms with Gasteiger partial charge >= 0.3 is 0 Å². The molecule has 2 N–H and O–H groups in total. The maximum atomic E-state index is 13.1. The molecule has 27 heavy (non-hydrogen) atoms. The predicted octanol–water partition coefficient (Wildman–Crippen LogP) is 3.19. The molecule has 1 aliphatic heterocycles. The summed E-state index contributed by atoms with van der Waals surface area (Å²) >= 11 is 0. The average molecular weight is 372 g/mol. The molecule has 1 amide bonds. The van der Waals surface area contributed by atoms with Crippen molar-refractivity contribution in [2.75, 3.05) is 33.4 Å². The number of likely N-dealkylation sites (tertiary alicyclic amines) is 1. The Morgan fingerprint density at radius 2 is 2.04 bits per heavy atom. The van der Waals surface area contributed by atoms with Crippen LogP contribution in [0.2, 0.25) is 0 Å². The fourth-order valence-corrected chi connectivity index (χ4v) is 3.32. The Labute approximate surface area is 158 Å². The van der Waals surface area contributed by atoms with Crippen LogP contribution in [0.5, 0.6) is 11.5 Å². The molecule has 0 saturated carbocycles. The van der Waals surface area contributed by atoms with E-state index in [0.29, 0.717) is 43.3 Å². The van der Waals surface area contributed by atoms with Gasteiger partial charge in [-0.25, -0.2) is 4.39 Å². The minimum absolute atomic E-state index is 0.0822. The van der Waals surface area contributed by atoms with E-state index in [1.807, 2.05) is 4.90 Å². The van der Waals surface area contributed by atoms with Crippen LogP contribution in [0.4, 0.5) is 4.39 Å². The number of hydrogen-bond donors (Lipinski definition) is 1. The number of ether oxygens (including phenoxy) is 2. The molecule has 1 fully saturated rings. The lowest BCUT2D eigenvalue weighted by molar-refractivity contribution is 0.0786. The van der Waals surface area contributed by atoms with Gasteiger partial charge in [-0.05, 0) is 55.3 Å². The molecule has 0 spiro atoms. The standard InChI is InChI=1S/C21H25FN2O3/c1-26-18-7-8-20(27-12-2-10-23)19(13-18)21(25)24-11-9-16(14-24)15-3-5-17(22)6-4-15/h3-8,13,16H,2,9-12,14,23H2,1H3/t16-/m1/s1. The Morgan fingerprint density at radius 3 is 2.74 bits per heavy atom. The van der Waals surface area contributed by atoms with E-state index in [-0.39, 0.29) is 17.6 Å². The third kappa shape index (κ3) is 4.57. The highest BCUT2D eigenvalue weighted by molar-refractivity contribution is 5.97. The second-order valence-corrected chi connectivity index (χ2v) is 6.64. The SMILES string of the molecule is COc1ccc(OCCCN)c(C(=O)N2CC[C@@H](c3ccc(F)cc3)C2)c1. The quantitative estimate of drug-likeness (QED) is 0.758. The monoisotopic (exact) mass is 372 g/mol. The van der Waals surface area contributed by atoms with Gasteiger partial charge in [0.25, 0.3) is 5.91 Å². The fourth-order valence-electron chi connectivity index (χ4n) is 3.32. The lowest BCUT2D eigenvalue weighted by atomic mass is 9.98. The number of benzene rings is 2. The zero-order valence-electron chi connectivity index (χ0n) is 15.5. The van der Waals surface area contributed by atoms with Gasteiger partial charge in [0, 0.05) is 19.0 Å². The van der Waals surface area contributed by atoms with Gasteiger partial charge in [-0.1, -0.05) is 12.1 Å². The molecule has 3 rings (SSSR count). The van der Waals surface area contributed by atoms with Crippen molar-refractivity contribution in [3.63, 3.8) is 0 Å². The highest BCUT2D eigenvalue weighted by Crippen LogP contribution is 2.31. The maximum absolute atomic E-state index is 13.1. The molecule has 0 aliphatic carbocycles. The van der Waals surface area contributed by atoms with Crippen molar-refractivity contribution in [1.82, 2.24) is 4.90 Å². The van der Waals surface area contributed by atoms with E-state index >= 15 is 0 Å². The van der Waals surface area contributed by atoms with Crippen LogP contribution in [0.1, 0.15) is 34.7 Å². The molecule has 1 atom stereocenters. The van der Waals surface area contributed by atoms with E-state index < -0.39 is 0 Å². The lowest BCUT2D eigenvalue weighted by Crippen LogP contribution is -2.29. The molecular weight excluding hydrogens is 347 g/mol. The number of methoxy groups -OCH3 is 1. The summed E-state index contributed by atoms with van der Waals surface area (Å²) in [5, 5.41) is 0. The first-order valence-electron chi connectivity index (χ1n) is 9.18. The normalized spacial score (nSPS) is 16.4. The molecule has 0 radical (unpaired) electrons. The third-order valence-electron chi connectivity index (χ3n) is 4.84. The topological polar surface area (TPSA) is 64.8 Å². The second-order valence-electron chi connectivity index (χ2n) is 6.64. The molecular formula is C21H25FN2O3. The minimum atomic E-state index is -0.250. The van der Waals surface area contributed by atoms with E-state index in [4.69, 9.17) is 15.2 Å². The fraction of sp³-hybridized carbons (Fsp3) is 0.381. The lowest BCUT2D eigenvalue weighted by Gasteiger charge is -2.19. The Kier molecular flexibility index (Phi) is 6.29. The van der Waals surface area contributed by atoms with Gasteiger partial charge in [-0.2, -0.15) is 0 Å². The van der Waals surface area contributed by atoms with Crippen LogP contribution in [0.3, 0.4) is 0 Å². The number of hydrogen-bond acceptors (Lipinski definition) is 4. The first-order chi connectivity index (χ1) is 13.1. The van der Waals surface area contributed by atoms with Crippen molar-refractivity contribution in [2.24, 2.45) is 5.73 Å². The highest BCUT2D eigenvalue weighted by atomic mass is 19.1. The van der Waals surface area contributed by atoms with Crippen molar-refractivity contribution >= 4 is 5.91 Å². The van der Waals surface area contributed by atoms with E-state index in [2.05, 4.69) is 0 Å². The van der Waals surface area contributed by atoms with Gasteiger partial charge in [0.05, 0.1) is 19.3 Å². The Hall–Kier alpha value is -2.60. The largest absolute Gasteiger partial charge is 0.497 e. The Bertz CT molecular complexity index is 779. The van der Waals surface area contributed by atoms with Crippen molar-refractivity contribution in [1.29, 1.82) is 0 Å². The molecule has 0 aromatic heterocycles. The first-order valence-corrected chi connectivity index (χ1v) is 9.18. The molecule has 5 nitrogen and oxygen atoms in total. The van der Waals surface area contributed by atoms with Crippen LogP contribution < -0.4 is 15.2 Å². The summed E-state index contributed by atoms with van der Waals surface area (Å²) in [6, 6.07) is 11.8. The number of halogens is 1. The highest BCUT2D eigenvalue weighted by Gasteiger charge is 2.29. The Morgan fingerprint density at radius 1 is 1.26 bits per heavy atom. The van der Waals surface area contributed by atoms with Gasteiger partial charge in [-0.15, -0.1) is 0 Å².